The van der Waals surface area contributed by atoms with E-state index in [1.165, 1.54) is 0 Å². The van der Waals surface area contributed by atoms with Gasteiger partial charge in [0.15, 0.2) is 0 Å². The second-order valence-corrected chi connectivity index (χ2v) is 5.92. The maximum Gasteiger partial charge on any atom is 0.223 e. The summed E-state index contributed by atoms with van der Waals surface area (Å²) in [6, 6.07) is 7.43. The van der Waals surface area contributed by atoms with Gasteiger partial charge in [0, 0.05) is 12.0 Å². The monoisotopic (exact) mass is 338 g/mol. The third-order valence-corrected chi connectivity index (χ3v) is 3.63. The molecular formula is C14H12BrClN2O. The van der Waals surface area contributed by atoms with Crippen molar-refractivity contribution in [1.29, 1.82) is 0 Å². The Morgan fingerprint density at radius 2 is 2.05 bits per heavy atom. The van der Waals surface area contributed by atoms with Gasteiger partial charge in [-0.15, -0.1) is 0 Å². The number of benzene rings is 1. The molecular weight excluding hydrogens is 328 g/mol. The zero-order valence-corrected chi connectivity index (χ0v) is 12.7. The lowest BCUT2D eigenvalue weighted by Gasteiger charge is -2.08. The molecule has 0 saturated heterocycles. The number of hydrogen-bond acceptors (Lipinski definition) is 3. The molecule has 1 aromatic carbocycles. The highest BCUT2D eigenvalue weighted by molar-refractivity contribution is 9.10. The van der Waals surface area contributed by atoms with E-state index in [4.69, 9.17) is 16.3 Å². The third-order valence-electron chi connectivity index (χ3n) is 2.93. The Balaban J connectivity index is 1.89. The average Bonchev–Trinajstić information content (AvgIpc) is 3.16. The smallest absolute Gasteiger partial charge is 0.223 e. The second kappa shape index (κ2) is 5.10. The van der Waals surface area contributed by atoms with Crippen LogP contribution in [0.1, 0.15) is 30.1 Å². The highest BCUT2D eigenvalue weighted by Crippen LogP contribution is 2.39. The molecule has 1 fully saturated rings. The molecule has 0 radical (unpaired) electrons. The van der Waals surface area contributed by atoms with Gasteiger partial charge in [-0.05, 0) is 53.4 Å². The van der Waals surface area contributed by atoms with Crippen LogP contribution in [-0.4, -0.2) is 9.97 Å². The maximum absolute atomic E-state index is 6.15. The van der Waals surface area contributed by atoms with Crippen molar-refractivity contribution in [2.75, 3.05) is 0 Å². The summed E-state index contributed by atoms with van der Waals surface area (Å²) in [7, 11) is 0. The number of ether oxygens (including phenoxy) is 1. The molecule has 0 unspecified atom stereocenters. The van der Waals surface area contributed by atoms with Crippen molar-refractivity contribution in [3.05, 3.63) is 45.3 Å². The topological polar surface area (TPSA) is 35.0 Å². The van der Waals surface area contributed by atoms with E-state index in [-0.39, 0.29) is 0 Å². The Morgan fingerprint density at radius 3 is 2.74 bits per heavy atom. The van der Waals surface area contributed by atoms with Gasteiger partial charge in [-0.2, -0.15) is 4.98 Å². The van der Waals surface area contributed by atoms with E-state index in [1.54, 1.807) is 6.07 Å². The zero-order chi connectivity index (χ0) is 13.4. The van der Waals surface area contributed by atoms with Gasteiger partial charge in [-0.3, -0.25) is 0 Å². The molecule has 0 amide bonds. The molecule has 1 aliphatic carbocycles. The Bertz CT molecular complexity index is 629. The molecule has 19 heavy (non-hydrogen) atoms. The summed E-state index contributed by atoms with van der Waals surface area (Å²) in [6.07, 6.45) is 2.31. The van der Waals surface area contributed by atoms with Crippen LogP contribution in [0.25, 0.3) is 0 Å². The second-order valence-electron chi connectivity index (χ2n) is 4.70. The van der Waals surface area contributed by atoms with Crippen LogP contribution in [0.3, 0.4) is 0 Å². The summed E-state index contributed by atoms with van der Waals surface area (Å²) in [4.78, 5) is 8.80. The van der Waals surface area contributed by atoms with Gasteiger partial charge < -0.3 is 4.74 Å². The summed E-state index contributed by atoms with van der Waals surface area (Å²) < 4.78 is 6.49. The molecule has 1 aliphatic rings. The van der Waals surface area contributed by atoms with Crippen LogP contribution in [0.2, 0.25) is 5.02 Å². The molecule has 5 heteroatoms. The van der Waals surface area contributed by atoms with Crippen LogP contribution in [0.15, 0.2) is 28.9 Å². The van der Waals surface area contributed by atoms with Crippen LogP contribution in [0.5, 0.6) is 11.6 Å². The molecule has 0 N–H and O–H groups in total. The molecule has 3 nitrogen and oxygen atoms in total. The number of hydrogen-bond donors (Lipinski definition) is 0. The molecule has 1 heterocycles. The molecule has 1 aromatic heterocycles. The fourth-order valence-corrected chi connectivity index (χ4v) is 2.44. The van der Waals surface area contributed by atoms with Gasteiger partial charge in [0.05, 0.1) is 5.02 Å². The molecule has 3 rings (SSSR count). The SMILES string of the molecule is Cc1ccc(Oc2cc(Br)nc(C3CC3)n2)c(Cl)c1. The van der Waals surface area contributed by atoms with Gasteiger partial charge >= 0.3 is 0 Å². The van der Waals surface area contributed by atoms with E-state index in [2.05, 4.69) is 25.9 Å². The molecule has 0 bridgehead atoms. The number of aryl methyl sites for hydroxylation is 1. The number of nitrogens with zero attached hydrogens (tertiary/aromatic N) is 2. The standard InChI is InChI=1S/C14H12BrClN2O/c1-8-2-5-11(10(16)6-8)19-13-7-12(15)17-14(18-13)9-3-4-9/h2,5-7,9H,3-4H2,1H3. The van der Waals surface area contributed by atoms with Crippen molar-refractivity contribution in [1.82, 2.24) is 9.97 Å². The normalized spacial score (nSPS) is 14.5. The predicted molar refractivity (Wildman–Crippen MR) is 78.0 cm³/mol. The van der Waals surface area contributed by atoms with Crippen LogP contribution >= 0.6 is 27.5 Å². The lowest BCUT2D eigenvalue weighted by atomic mass is 10.2. The van der Waals surface area contributed by atoms with E-state index < -0.39 is 0 Å². The van der Waals surface area contributed by atoms with Gasteiger partial charge in [-0.1, -0.05) is 17.7 Å². The van der Waals surface area contributed by atoms with Gasteiger partial charge in [-0.25, -0.2) is 4.98 Å². The lowest BCUT2D eigenvalue weighted by molar-refractivity contribution is 0.458. The number of rotatable bonds is 3. The summed E-state index contributed by atoms with van der Waals surface area (Å²) in [5.74, 6) is 2.45. The van der Waals surface area contributed by atoms with Gasteiger partial charge in [0.1, 0.15) is 16.2 Å². The number of halogens is 2. The third kappa shape index (κ3) is 3.07. The first-order chi connectivity index (χ1) is 9.11. The van der Waals surface area contributed by atoms with Crippen LogP contribution in [0.4, 0.5) is 0 Å². The van der Waals surface area contributed by atoms with Crippen molar-refractivity contribution in [3.63, 3.8) is 0 Å². The van der Waals surface area contributed by atoms with E-state index in [0.717, 1.165) is 28.8 Å². The Kier molecular flexibility index (Phi) is 3.46. The van der Waals surface area contributed by atoms with Crippen molar-refractivity contribution < 1.29 is 4.74 Å². The summed E-state index contributed by atoms with van der Waals surface area (Å²) in [5, 5.41) is 0.586. The zero-order valence-electron chi connectivity index (χ0n) is 10.4. The van der Waals surface area contributed by atoms with E-state index in [1.807, 2.05) is 25.1 Å². The molecule has 2 aromatic rings. The average molecular weight is 340 g/mol. The summed E-state index contributed by atoms with van der Waals surface area (Å²) in [5.41, 5.74) is 1.10. The fraction of sp³-hybridized carbons (Fsp3) is 0.286. The van der Waals surface area contributed by atoms with Crippen molar-refractivity contribution in [2.45, 2.75) is 25.7 Å². The minimum Gasteiger partial charge on any atom is -0.437 e. The Hall–Kier alpha value is -1.13. The van der Waals surface area contributed by atoms with Crippen molar-refractivity contribution in [2.24, 2.45) is 0 Å². The molecule has 1 saturated carbocycles. The highest BCUT2D eigenvalue weighted by Gasteiger charge is 2.27. The van der Waals surface area contributed by atoms with E-state index in [9.17, 15) is 0 Å². The summed E-state index contributed by atoms with van der Waals surface area (Å²) >= 11 is 9.54. The lowest BCUT2D eigenvalue weighted by Crippen LogP contribution is -1.97. The van der Waals surface area contributed by atoms with Gasteiger partial charge in [0.2, 0.25) is 5.88 Å². The first kappa shape index (κ1) is 12.9. The van der Waals surface area contributed by atoms with Crippen LogP contribution in [0, 0.1) is 6.92 Å². The largest absolute Gasteiger partial charge is 0.437 e. The molecule has 0 aliphatic heterocycles. The molecule has 0 spiro atoms. The fourth-order valence-electron chi connectivity index (χ4n) is 1.79. The Morgan fingerprint density at radius 1 is 1.26 bits per heavy atom. The van der Waals surface area contributed by atoms with E-state index >= 15 is 0 Å². The Labute approximate surface area is 125 Å². The minimum atomic E-state index is 0.480. The summed E-state index contributed by atoms with van der Waals surface area (Å²) in [6.45, 7) is 1.99. The van der Waals surface area contributed by atoms with E-state index in [0.29, 0.717) is 22.6 Å². The molecule has 98 valence electrons. The van der Waals surface area contributed by atoms with Gasteiger partial charge in [0.25, 0.3) is 0 Å². The molecule has 0 atom stereocenters. The highest BCUT2D eigenvalue weighted by atomic mass is 79.9. The first-order valence-electron chi connectivity index (χ1n) is 6.10. The van der Waals surface area contributed by atoms with Crippen LogP contribution in [-0.2, 0) is 0 Å². The first-order valence-corrected chi connectivity index (χ1v) is 7.27. The van der Waals surface area contributed by atoms with Crippen molar-refractivity contribution in [3.8, 4) is 11.6 Å². The quantitative estimate of drug-likeness (QED) is 0.748. The van der Waals surface area contributed by atoms with Crippen LogP contribution < -0.4 is 4.74 Å². The van der Waals surface area contributed by atoms with Crippen molar-refractivity contribution >= 4 is 27.5 Å². The predicted octanol–water partition coefficient (Wildman–Crippen LogP) is 4.87. The maximum atomic E-state index is 6.15. The minimum absolute atomic E-state index is 0.480. The number of aromatic nitrogens is 2.